The van der Waals surface area contributed by atoms with Gasteiger partial charge in [0.25, 0.3) is 5.56 Å². The number of hydrogen-bond acceptors (Lipinski definition) is 6. The fourth-order valence-corrected chi connectivity index (χ4v) is 3.73. The molecule has 3 rings (SSSR count). The lowest BCUT2D eigenvalue weighted by molar-refractivity contribution is -0.117. The number of hydrogen-bond donors (Lipinski definition) is 1. The molecule has 0 saturated heterocycles. The van der Waals surface area contributed by atoms with Crippen molar-refractivity contribution in [2.45, 2.75) is 32.7 Å². The second kappa shape index (κ2) is 6.89. The minimum atomic E-state index is -0.326. The van der Waals surface area contributed by atoms with Gasteiger partial charge in [-0.2, -0.15) is 5.10 Å². The van der Waals surface area contributed by atoms with Crippen molar-refractivity contribution in [2.75, 3.05) is 5.32 Å². The molecule has 0 atom stereocenters. The molecule has 0 aromatic carbocycles. The van der Waals surface area contributed by atoms with Crippen LogP contribution in [0.1, 0.15) is 26.5 Å². The van der Waals surface area contributed by atoms with Gasteiger partial charge in [0.1, 0.15) is 12.2 Å². The number of aromatic nitrogens is 3. The van der Waals surface area contributed by atoms with Crippen molar-refractivity contribution in [1.82, 2.24) is 14.8 Å². The van der Waals surface area contributed by atoms with E-state index in [2.05, 4.69) is 36.2 Å². The Labute approximate surface area is 153 Å². The Morgan fingerprint density at radius 1 is 1.24 bits per heavy atom. The van der Waals surface area contributed by atoms with Crippen molar-refractivity contribution in [3.05, 3.63) is 51.1 Å². The number of thiazole rings is 1. The number of carbonyl (C=O) groups excluding carboxylic acids is 1. The molecular weight excluding hydrogens is 356 g/mol. The second-order valence-electron chi connectivity index (χ2n) is 6.53. The first-order valence-corrected chi connectivity index (χ1v) is 9.47. The van der Waals surface area contributed by atoms with Crippen molar-refractivity contribution < 1.29 is 4.79 Å². The molecule has 6 nitrogen and oxygen atoms in total. The molecule has 0 saturated carbocycles. The number of nitrogens with zero attached hydrogens (tertiary/aromatic N) is 3. The molecule has 1 N–H and O–H groups in total. The maximum absolute atomic E-state index is 12.2. The molecule has 0 radical (unpaired) electrons. The second-order valence-corrected chi connectivity index (χ2v) is 8.33. The number of thiophene rings is 1. The topological polar surface area (TPSA) is 76.9 Å². The van der Waals surface area contributed by atoms with Gasteiger partial charge in [-0.25, -0.2) is 9.67 Å². The van der Waals surface area contributed by atoms with E-state index in [1.807, 2.05) is 22.9 Å². The molecular formula is C17H18N4O2S2. The third kappa shape index (κ3) is 4.21. The first-order chi connectivity index (χ1) is 11.8. The molecule has 1 amide bonds. The predicted molar refractivity (Wildman–Crippen MR) is 101 cm³/mol. The summed E-state index contributed by atoms with van der Waals surface area (Å²) in [6, 6.07) is 6.93. The predicted octanol–water partition coefficient (Wildman–Crippen LogP) is 3.36. The number of carbonyl (C=O) groups is 1. The molecule has 0 unspecified atom stereocenters. The third-order valence-electron chi connectivity index (χ3n) is 3.45. The maximum atomic E-state index is 12.2. The lowest BCUT2D eigenvalue weighted by atomic mass is 9.93. The fourth-order valence-electron chi connectivity index (χ4n) is 2.09. The monoisotopic (exact) mass is 374 g/mol. The van der Waals surface area contributed by atoms with Gasteiger partial charge in [-0.15, -0.1) is 22.7 Å². The number of amides is 1. The van der Waals surface area contributed by atoms with Gasteiger partial charge in [-0.05, 0) is 17.5 Å². The lowest BCUT2D eigenvalue weighted by Crippen LogP contribution is -2.29. The van der Waals surface area contributed by atoms with Crippen LogP contribution in [0.2, 0.25) is 0 Å². The summed E-state index contributed by atoms with van der Waals surface area (Å²) < 4.78 is 1.17. The average Bonchev–Trinajstić information content (AvgIpc) is 3.20. The number of anilines is 1. The summed E-state index contributed by atoms with van der Waals surface area (Å²) in [4.78, 5) is 29.6. The average molecular weight is 374 g/mol. The van der Waals surface area contributed by atoms with Crippen molar-refractivity contribution in [3.8, 4) is 10.6 Å². The van der Waals surface area contributed by atoms with Crippen molar-refractivity contribution in [3.63, 3.8) is 0 Å². The first-order valence-electron chi connectivity index (χ1n) is 7.71. The van der Waals surface area contributed by atoms with Crippen LogP contribution in [0.3, 0.4) is 0 Å². The van der Waals surface area contributed by atoms with E-state index >= 15 is 0 Å². The van der Waals surface area contributed by atoms with Crippen LogP contribution < -0.4 is 10.9 Å². The van der Waals surface area contributed by atoms with Gasteiger partial charge in [-0.3, -0.25) is 9.59 Å². The summed E-state index contributed by atoms with van der Waals surface area (Å²) in [6.45, 7) is 6.04. The molecule has 8 heteroatoms. The van der Waals surface area contributed by atoms with E-state index in [1.54, 1.807) is 6.07 Å². The van der Waals surface area contributed by atoms with Gasteiger partial charge < -0.3 is 5.32 Å². The van der Waals surface area contributed by atoms with Crippen molar-refractivity contribution in [2.24, 2.45) is 0 Å². The molecule has 0 fully saturated rings. The molecule has 0 aliphatic rings. The third-order valence-corrected chi connectivity index (χ3v) is 5.10. The van der Waals surface area contributed by atoms with Crippen LogP contribution in [-0.2, 0) is 16.8 Å². The van der Waals surface area contributed by atoms with E-state index in [4.69, 9.17) is 0 Å². The minimum Gasteiger partial charge on any atom is -0.300 e. The molecule has 3 heterocycles. The van der Waals surface area contributed by atoms with Crippen LogP contribution >= 0.6 is 22.7 Å². The summed E-state index contributed by atoms with van der Waals surface area (Å²) in [7, 11) is 0. The SMILES string of the molecule is CC(C)(C)c1csc(NC(=O)Cn2nc(-c3cccs3)ccc2=O)n1. The molecule has 3 aromatic rings. The molecule has 130 valence electrons. The minimum absolute atomic E-state index is 0.0764. The van der Waals surface area contributed by atoms with Crippen LogP contribution in [0.5, 0.6) is 0 Å². The highest BCUT2D eigenvalue weighted by atomic mass is 32.1. The zero-order valence-corrected chi connectivity index (χ0v) is 15.8. The Morgan fingerprint density at radius 3 is 2.68 bits per heavy atom. The first kappa shape index (κ1) is 17.5. The van der Waals surface area contributed by atoms with Gasteiger partial charge in [0.05, 0.1) is 10.6 Å². The van der Waals surface area contributed by atoms with Gasteiger partial charge in [-0.1, -0.05) is 26.8 Å². The standard InChI is InChI=1S/C17H18N4O2S2/c1-17(2,3)13-10-25-16(18-13)19-14(22)9-21-15(23)7-6-11(20-21)12-5-4-8-24-12/h4-8,10H,9H2,1-3H3,(H,18,19,22). The zero-order valence-electron chi connectivity index (χ0n) is 14.1. The summed E-state index contributed by atoms with van der Waals surface area (Å²) in [6.07, 6.45) is 0. The Kier molecular flexibility index (Phi) is 4.82. The summed E-state index contributed by atoms with van der Waals surface area (Å²) in [5, 5.41) is 11.4. The quantitative estimate of drug-likeness (QED) is 0.760. The van der Waals surface area contributed by atoms with Gasteiger partial charge >= 0.3 is 0 Å². The van der Waals surface area contributed by atoms with E-state index < -0.39 is 0 Å². The number of nitrogens with one attached hydrogen (secondary N) is 1. The van der Waals surface area contributed by atoms with Crippen LogP contribution in [0, 0.1) is 0 Å². The van der Waals surface area contributed by atoms with E-state index in [9.17, 15) is 9.59 Å². The molecule has 0 bridgehead atoms. The Bertz CT molecular complexity index is 936. The highest BCUT2D eigenvalue weighted by Crippen LogP contribution is 2.26. The zero-order chi connectivity index (χ0) is 18.0. The van der Waals surface area contributed by atoms with Crippen LogP contribution in [0.25, 0.3) is 10.6 Å². The Morgan fingerprint density at radius 2 is 2.04 bits per heavy atom. The van der Waals surface area contributed by atoms with Crippen molar-refractivity contribution in [1.29, 1.82) is 0 Å². The molecule has 3 aromatic heterocycles. The highest BCUT2D eigenvalue weighted by Gasteiger charge is 2.18. The summed E-state index contributed by atoms with van der Waals surface area (Å²) >= 11 is 2.90. The van der Waals surface area contributed by atoms with E-state index in [0.717, 1.165) is 10.6 Å². The van der Waals surface area contributed by atoms with E-state index in [0.29, 0.717) is 10.8 Å². The van der Waals surface area contributed by atoms with Crippen LogP contribution in [-0.4, -0.2) is 20.7 Å². The highest BCUT2D eigenvalue weighted by molar-refractivity contribution is 7.14. The maximum Gasteiger partial charge on any atom is 0.267 e. The Balaban J connectivity index is 1.74. The van der Waals surface area contributed by atoms with E-state index in [-0.39, 0.29) is 23.4 Å². The van der Waals surface area contributed by atoms with Gasteiger partial charge in [0.15, 0.2) is 5.13 Å². The van der Waals surface area contributed by atoms with Gasteiger partial charge in [0, 0.05) is 16.9 Å². The molecule has 25 heavy (non-hydrogen) atoms. The summed E-state index contributed by atoms with van der Waals surface area (Å²) in [5.74, 6) is -0.326. The molecule has 0 aliphatic carbocycles. The van der Waals surface area contributed by atoms with Crippen LogP contribution in [0.4, 0.5) is 5.13 Å². The number of rotatable bonds is 4. The smallest absolute Gasteiger partial charge is 0.267 e. The van der Waals surface area contributed by atoms with Crippen molar-refractivity contribution >= 4 is 33.7 Å². The molecule has 0 spiro atoms. The fraction of sp³-hybridized carbons (Fsp3) is 0.294. The lowest BCUT2D eigenvalue weighted by Gasteiger charge is -2.14. The Hall–Kier alpha value is -2.32. The van der Waals surface area contributed by atoms with E-state index in [1.165, 1.54) is 33.4 Å². The largest absolute Gasteiger partial charge is 0.300 e. The van der Waals surface area contributed by atoms with Gasteiger partial charge in [0.2, 0.25) is 5.91 Å². The van der Waals surface area contributed by atoms with Crippen LogP contribution in [0.15, 0.2) is 39.8 Å². The normalized spacial score (nSPS) is 11.5. The molecule has 0 aliphatic heterocycles. The summed E-state index contributed by atoms with van der Waals surface area (Å²) in [5.41, 5.74) is 1.20.